The van der Waals surface area contributed by atoms with Crippen LogP contribution in [-0.2, 0) is 19.5 Å². The molecule has 3 atom stereocenters. The van der Waals surface area contributed by atoms with Crippen LogP contribution in [0.5, 0.6) is 0 Å². The lowest BCUT2D eigenvalue weighted by Gasteiger charge is -2.38. The Morgan fingerprint density at radius 1 is 1.04 bits per heavy atom. The maximum atomic E-state index is 12.6. The van der Waals surface area contributed by atoms with E-state index in [1.165, 1.54) is 25.9 Å². The summed E-state index contributed by atoms with van der Waals surface area (Å²) >= 11 is 0. The predicted molar refractivity (Wildman–Crippen MR) is 86.8 cm³/mol. The Morgan fingerprint density at radius 2 is 1.83 bits per heavy atom. The van der Waals surface area contributed by atoms with Gasteiger partial charge >= 0.3 is 0 Å². The quantitative estimate of drug-likeness (QED) is 0.714. The van der Waals surface area contributed by atoms with Crippen LogP contribution in [0, 0.1) is 0 Å². The molecule has 0 aromatic carbocycles. The average molecular weight is 344 g/mol. The maximum Gasteiger partial charge on any atom is 0.217 e. The molecule has 0 amide bonds. The van der Waals surface area contributed by atoms with E-state index in [-0.39, 0.29) is 23.5 Å². The third-order valence-corrected chi connectivity index (χ3v) is 8.12. The highest BCUT2D eigenvalue weighted by atomic mass is 32.2. The highest BCUT2D eigenvalue weighted by molar-refractivity contribution is 7.90. The number of nitrogens with zero attached hydrogens (tertiary/aromatic N) is 2. The molecule has 0 bridgehead atoms. The van der Waals surface area contributed by atoms with Crippen LogP contribution in [0.15, 0.2) is 0 Å². The number of morpholine rings is 1. The van der Waals surface area contributed by atoms with Gasteiger partial charge in [-0.1, -0.05) is 0 Å². The zero-order valence-corrected chi connectivity index (χ0v) is 14.5. The first kappa shape index (κ1) is 16.3. The van der Waals surface area contributed by atoms with Crippen molar-refractivity contribution in [3.8, 4) is 0 Å². The summed E-state index contributed by atoms with van der Waals surface area (Å²) in [6, 6.07) is -0.00821. The summed E-state index contributed by atoms with van der Waals surface area (Å²) in [6.45, 7) is 5.10. The Kier molecular flexibility index (Phi) is 4.66. The largest absolute Gasteiger partial charge is 0.374 e. The van der Waals surface area contributed by atoms with Gasteiger partial charge in [0.1, 0.15) is 6.10 Å². The fourth-order valence-corrected chi connectivity index (χ4v) is 6.32. The van der Waals surface area contributed by atoms with E-state index < -0.39 is 10.0 Å². The fraction of sp³-hybridized carbons (Fsp3) is 1.00. The van der Waals surface area contributed by atoms with Gasteiger partial charge in [0, 0.05) is 13.1 Å². The summed E-state index contributed by atoms with van der Waals surface area (Å²) in [5.41, 5.74) is 0. The first-order valence-corrected chi connectivity index (χ1v) is 10.6. The molecule has 4 aliphatic rings. The summed E-state index contributed by atoms with van der Waals surface area (Å²) in [4.78, 5) is 2.44. The zero-order valence-electron chi connectivity index (χ0n) is 13.7. The van der Waals surface area contributed by atoms with E-state index in [2.05, 4.69) is 4.90 Å². The summed E-state index contributed by atoms with van der Waals surface area (Å²) in [5, 5.41) is -0.128. The van der Waals surface area contributed by atoms with E-state index in [9.17, 15) is 8.42 Å². The van der Waals surface area contributed by atoms with Gasteiger partial charge in [-0.15, -0.1) is 0 Å². The van der Waals surface area contributed by atoms with Crippen LogP contribution in [0.3, 0.4) is 0 Å². The van der Waals surface area contributed by atoms with E-state index in [1.807, 2.05) is 0 Å². The van der Waals surface area contributed by atoms with Gasteiger partial charge in [-0.2, -0.15) is 4.31 Å². The van der Waals surface area contributed by atoms with Crippen LogP contribution >= 0.6 is 0 Å². The molecule has 4 fully saturated rings. The van der Waals surface area contributed by atoms with Crippen molar-refractivity contribution in [3.63, 3.8) is 0 Å². The van der Waals surface area contributed by atoms with Crippen LogP contribution in [0.2, 0.25) is 0 Å². The van der Waals surface area contributed by atoms with E-state index in [0.717, 1.165) is 38.8 Å². The molecule has 132 valence electrons. The molecule has 0 radical (unpaired) electrons. The van der Waals surface area contributed by atoms with Gasteiger partial charge in [0.15, 0.2) is 0 Å². The predicted octanol–water partition coefficient (Wildman–Crippen LogP) is 0.823. The van der Waals surface area contributed by atoms with Crippen molar-refractivity contribution < 1.29 is 17.9 Å². The SMILES string of the molecule is O=S(=O)(C1CC1)N1CCO[C@@H]2[C@@H](OCCN3CCCC3)CC[C@H]21. The second-order valence-electron chi connectivity index (χ2n) is 7.29. The number of ether oxygens (including phenoxy) is 2. The normalized spacial score (nSPS) is 36.4. The molecule has 4 rings (SSSR count). The van der Waals surface area contributed by atoms with E-state index in [4.69, 9.17) is 9.47 Å². The third kappa shape index (κ3) is 3.31. The molecule has 2 aliphatic heterocycles. The number of likely N-dealkylation sites (tertiary alicyclic amines) is 1. The molecular formula is C16H28N2O4S. The minimum absolute atomic E-state index is 0.00821. The van der Waals surface area contributed by atoms with Crippen molar-refractivity contribution in [2.75, 3.05) is 39.4 Å². The summed E-state index contributed by atoms with van der Waals surface area (Å²) in [5.74, 6) is 0. The molecule has 6 nitrogen and oxygen atoms in total. The molecule has 0 spiro atoms. The van der Waals surface area contributed by atoms with E-state index in [1.54, 1.807) is 4.31 Å². The van der Waals surface area contributed by atoms with Crippen molar-refractivity contribution in [3.05, 3.63) is 0 Å². The van der Waals surface area contributed by atoms with Crippen LogP contribution < -0.4 is 0 Å². The second-order valence-corrected chi connectivity index (χ2v) is 9.46. The molecule has 2 saturated heterocycles. The van der Waals surface area contributed by atoms with Gasteiger partial charge in [0.25, 0.3) is 0 Å². The van der Waals surface area contributed by atoms with Crippen LogP contribution in [0.25, 0.3) is 0 Å². The molecule has 2 aliphatic carbocycles. The van der Waals surface area contributed by atoms with Crippen molar-refractivity contribution in [1.29, 1.82) is 0 Å². The number of fused-ring (bicyclic) bond motifs is 1. The number of hydrogen-bond acceptors (Lipinski definition) is 5. The molecule has 0 aromatic rings. The van der Waals surface area contributed by atoms with Gasteiger partial charge in [-0.3, -0.25) is 0 Å². The molecule has 0 N–H and O–H groups in total. The Morgan fingerprint density at radius 3 is 2.57 bits per heavy atom. The van der Waals surface area contributed by atoms with Gasteiger partial charge in [0.05, 0.1) is 30.6 Å². The number of rotatable bonds is 6. The number of sulfonamides is 1. The summed E-state index contributed by atoms with van der Waals surface area (Å²) in [7, 11) is -3.11. The molecule has 23 heavy (non-hydrogen) atoms. The number of hydrogen-bond donors (Lipinski definition) is 0. The Hall–Kier alpha value is -0.210. The Labute approximate surface area is 139 Å². The van der Waals surface area contributed by atoms with E-state index in [0.29, 0.717) is 13.2 Å². The smallest absolute Gasteiger partial charge is 0.217 e. The lowest BCUT2D eigenvalue weighted by Crippen LogP contribution is -2.54. The molecule has 0 unspecified atom stereocenters. The summed E-state index contributed by atoms with van der Waals surface area (Å²) < 4.78 is 39.0. The van der Waals surface area contributed by atoms with Crippen molar-refractivity contribution >= 4 is 10.0 Å². The summed E-state index contributed by atoms with van der Waals surface area (Å²) in [6.07, 6.45) is 6.00. The monoisotopic (exact) mass is 344 g/mol. The minimum Gasteiger partial charge on any atom is -0.374 e. The first-order valence-electron chi connectivity index (χ1n) is 9.12. The lowest BCUT2D eigenvalue weighted by atomic mass is 10.1. The second kappa shape index (κ2) is 6.59. The fourth-order valence-electron chi connectivity index (χ4n) is 4.27. The first-order chi connectivity index (χ1) is 11.2. The zero-order chi connectivity index (χ0) is 15.9. The minimum atomic E-state index is -3.11. The third-order valence-electron chi connectivity index (χ3n) is 5.70. The topological polar surface area (TPSA) is 59.1 Å². The lowest BCUT2D eigenvalue weighted by molar-refractivity contribution is -0.0976. The molecule has 0 aromatic heterocycles. The Bertz CT molecular complexity index is 516. The standard InChI is InChI=1S/C16H28N2O4S/c19-23(20,13-3-4-13)18-10-12-22-16-14(18)5-6-15(16)21-11-9-17-7-1-2-8-17/h13-16H,1-12H2/t14-,15+,16+/m1/s1. The van der Waals surface area contributed by atoms with Crippen molar-refractivity contribution in [2.24, 2.45) is 0 Å². The molecule has 7 heteroatoms. The van der Waals surface area contributed by atoms with Gasteiger partial charge in [0.2, 0.25) is 10.0 Å². The Balaban J connectivity index is 1.33. The van der Waals surface area contributed by atoms with Crippen LogP contribution in [0.1, 0.15) is 38.5 Å². The maximum absolute atomic E-state index is 12.6. The van der Waals surface area contributed by atoms with Gasteiger partial charge in [-0.05, 0) is 51.6 Å². The van der Waals surface area contributed by atoms with Gasteiger partial charge in [-0.25, -0.2) is 8.42 Å². The van der Waals surface area contributed by atoms with Crippen molar-refractivity contribution in [2.45, 2.75) is 62.0 Å². The van der Waals surface area contributed by atoms with Gasteiger partial charge < -0.3 is 14.4 Å². The van der Waals surface area contributed by atoms with Crippen molar-refractivity contribution in [1.82, 2.24) is 9.21 Å². The average Bonchev–Trinajstić information content (AvgIpc) is 3.15. The molecular weight excluding hydrogens is 316 g/mol. The highest BCUT2D eigenvalue weighted by Crippen LogP contribution is 2.38. The highest BCUT2D eigenvalue weighted by Gasteiger charge is 2.50. The molecule has 2 heterocycles. The van der Waals surface area contributed by atoms with E-state index >= 15 is 0 Å². The van der Waals surface area contributed by atoms with Crippen LogP contribution in [-0.4, -0.2) is 80.5 Å². The van der Waals surface area contributed by atoms with Crippen LogP contribution in [0.4, 0.5) is 0 Å². The molecule has 2 saturated carbocycles.